The molecule has 15 heavy (non-hydrogen) atoms. The van der Waals surface area contributed by atoms with Crippen molar-refractivity contribution in [3.05, 3.63) is 0 Å². The van der Waals surface area contributed by atoms with E-state index in [1.807, 2.05) is 0 Å². The average molecular weight is 230 g/mol. The molecule has 1 rings (SSSR count). The van der Waals surface area contributed by atoms with Crippen molar-refractivity contribution in [1.29, 1.82) is 5.41 Å². The van der Waals surface area contributed by atoms with Crippen LogP contribution in [0.3, 0.4) is 0 Å². The van der Waals surface area contributed by atoms with E-state index in [1.54, 1.807) is 11.8 Å². The molecule has 0 bridgehead atoms. The molecule has 2 atom stereocenters. The lowest BCUT2D eigenvalue weighted by molar-refractivity contribution is -0.143. The molecule has 0 aromatic rings. The molecular formula is C10H18N2O2S. The number of carbonyl (C=O) groups is 1. The Balaban J connectivity index is 2.61. The fourth-order valence-corrected chi connectivity index (χ4v) is 2.75. The van der Waals surface area contributed by atoms with Crippen molar-refractivity contribution in [3.63, 3.8) is 0 Å². The zero-order valence-corrected chi connectivity index (χ0v) is 10.0. The Morgan fingerprint density at radius 2 is 2.47 bits per heavy atom. The van der Waals surface area contributed by atoms with E-state index in [2.05, 4.69) is 12.2 Å². The summed E-state index contributed by atoms with van der Waals surface area (Å²) in [5.74, 6) is 1.14. The summed E-state index contributed by atoms with van der Waals surface area (Å²) in [6.45, 7) is 3.52. The van der Waals surface area contributed by atoms with E-state index in [-0.39, 0.29) is 17.4 Å². The first-order valence-corrected chi connectivity index (χ1v) is 6.31. The fourth-order valence-electron chi connectivity index (χ4n) is 1.56. The van der Waals surface area contributed by atoms with Crippen LogP contribution in [-0.4, -0.2) is 29.0 Å². The van der Waals surface area contributed by atoms with E-state index in [9.17, 15) is 4.79 Å². The number of amidine groups is 1. The Morgan fingerprint density at radius 1 is 1.73 bits per heavy atom. The molecule has 0 saturated carbocycles. The van der Waals surface area contributed by atoms with Crippen LogP contribution in [0, 0.1) is 5.41 Å². The Kier molecular flexibility index (Phi) is 4.94. The lowest BCUT2D eigenvalue weighted by Crippen LogP contribution is -2.41. The number of thioether (sulfide) groups is 1. The molecule has 1 fully saturated rings. The van der Waals surface area contributed by atoms with Crippen molar-refractivity contribution in [2.75, 3.05) is 5.75 Å². The van der Waals surface area contributed by atoms with Gasteiger partial charge < -0.3 is 10.1 Å². The van der Waals surface area contributed by atoms with Crippen molar-refractivity contribution in [2.45, 2.75) is 44.6 Å². The van der Waals surface area contributed by atoms with Crippen molar-refractivity contribution >= 4 is 23.6 Å². The number of hydrogen-bond acceptors (Lipinski definition) is 4. The van der Waals surface area contributed by atoms with Gasteiger partial charge in [0.2, 0.25) is 0 Å². The highest BCUT2D eigenvalue weighted by Gasteiger charge is 2.27. The van der Waals surface area contributed by atoms with Gasteiger partial charge in [0.25, 0.3) is 0 Å². The van der Waals surface area contributed by atoms with E-state index < -0.39 is 0 Å². The van der Waals surface area contributed by atoms with Crippen LogP contribution in [0.2, 0.25) is 0 Å². The van der Waals surface area contributed by atoms with Crippen LogP contribution in [0.1, 0.15) is 33.1 Å². The molecule has 1 unspecified atom stereocenters. The molecule has 0 aromatic carbocycles. The third-order valence-electron chi connectivity index (χ3n) is 2.20. The molecule has 0 radical (unpaired) electrons. The minimum atomic E-state index is -0.246. The summed E-state index contributed by atoms with van der Waals surface area (Å²) in [6.07, 6.45) is 2.67. The number of ether oxygens (including phenoxy) is 1. The Hall–Kier alpha value is -0.710. The predicted octanol–water partition coefficient (Wildman–Crippen LogP) is 1.75. The molecule has 1 heterocycles. The van der Waals surface area contributed by atoms with Gasteiger partial charge in [-0.3, -0.25) is 10.2 Å². The summed E-state index contributed by atoms with van der Waals surface area (Å²) in [4.78, 5) is 10.9. The quantitative estimate of drug-likeness (QED) is 0.725. The van der Waals surface area contributed by atoms with Crippen molar-refractivity contribution < 1.29 is 9.53 Å². The highest BCUT2D eigenvalue weighted by atomic mass is 32.2. The molecule has 1 aliphatic rings. The van der Waals surface area contributed by atoms with E-state index >= 15 is 0 Å². The van der Waals surface area contributed by atoms with Gasteiger partial charge in [0.1, 0.15) is 0 Å². The number of rotatable bonds is 3. The Bertz CT molecular complexity index is 246. The van der Waals surface area contributed by atoms with E-state index in [4.69, 9.17) is 10.1 Å². The molecule has 4 nitrogen and oxygen atoms in total. The van der Waals surface area contributed by atoms with Crippen LogP contribution >= 0.6 is 11.8 Å². The number of nitrogens with one attached hydrogen (secondary N) is 2. The summed E-state index contributed by atoms with van der Waals surface area (Å²) in [7, 11) is 0. The van der Waals surface area contributed by atoms with Gasteiger partial charge >= 0.3 is 5.97 Å². The highest BCUT2D eigenvalue weighted by molar-refractivity contribution is 7.99. The lowest BCUT2D eigenvalue weighted by atomic mass is 10.1. The SMILES string of the molecule is CCC[C@@H]1NC(=N)CCSC1OC(C)=O. The number of carbonyl (C=O) groups excluding carboxylic acids is 1. The second-order valence-electron chi connectivity index (χ2n) is 3.62. The third-order valence-corrected chi connectivity index (χ3v) is 3.40. The summed E-state index contributed by atoms with van der Waals surface area (Å²) in [6, 6.07) is 0.0823. The van der Waals surface area contributed by atoms with Crippen LogP contribution in [0.25, 0.3) is 0 Å². The van der Waals surface area contributed by atoms with Gasteiger partial charge in [-0.15, -0.1) is 11.8 Å². The first-order valence-electron chi connectivity index (χ1n) is 5.26. The van der Waals surface area contributed by atoms with Gasteiger partial charge in [0.15, 0.2) is 5.44 Å². The van der Waals surface area contributed by atoms with Crippen LogP contribution in [0.5, 0.6) is 0 Å². The van der Waals surface area contributed by atoms with Crippen LogP contribution in [0.4, 0.5) is 0 Å². The molecule has 5 heteroatoms. The second kappa shape index (κ2) is 6.00. The molecule has 1 aliphatic heterocycles. The summed E-state index contributed by atoms with van der Waals surface area (Å²) < 4.78 is 5.25. The van der Waals surface area contributed by atoms with Gasteiger partial charge in [0.05, 0.1) is 11.9 Å². The summed E-state index contributed by atoms with van der Waals surface area (Å²) in [5.41, 5.74) is -0.148. The van der Waals surface area contributed by atoms with Crippen molar-refractivity contribution in [2.24, 2.45) is 0 Å². The third kappa shape index (κ3) is 4.11. The molecule has 2 N–H and O–H groups in total. The van der Waals surface area contributed by atoms with Crippen LogP contribution in [-0.2, 0) is 9.53 Å². The standard InChI is InChI=1S/C10H18N2O2S/c1-3-4-8-10(14-7(2)13)15-6-5-9(11)12-8/h8,10H,3-6H2,1-2H3,(H2,11,12)/t8-,10?/m0/s1. The first-order chi connectivity index (χ1) is 7.13. The zero-order valence-electron chi connectivity index (χ0n) is 9.21. The maximum atomic E-state index is 10.9. The van der Waals surface area contributed by atoms with Gasteiger partial charge in [-0.25, -0.2) is 0 Å². The molecule has 0 amide bonds. The Labute approximate surface area is 94.7 Å². The van der Waals surface area contributed by atoms with Gasteiger partial charge in [-0.1, -0.05) is 13.3 Å². The van der Waals surface area contributed by atoms with Gasteiger partial charge in [0, 0.05) is 19.1 Å². The molecule has 0 aromatic heterocycles. The number of esters is 1. The maximum Gasteiger partial charge on any atom is 0.303 e. The summed E-state index contributed by atoms with van der Waals surface area (Å²) >= 11 is 1.62. The van der Waals surface area contributed by atoms with Crippen LogP contribution < -0.4 is 5.32 Å². The highest BCUT2D eigenvalue weighted by Crippen LogP contribution is 2.23. The van der Waals surface area contributed by atoms with Crippen molar-refractivity contribution in [3.8, 4) is 0 Å². The molecule has 1 saturated heterocycles. The van der Waals surface area contributed by atoms with Crippen LogP contribution in [0.15, 0.2) is 0 Å². The maximum absolute atomic E-state index is 10.9. The summed E-state index contributed by atoms with van der Waals surface area (Å²) in [5, 5.41) is 10.8. The molecular weight excluding hydrogens is 212 g/mol. The largest absolute Gasteiger partial charge is 0.449 e. The first kappa shape index (κ1) is 12.4. The van der Waals surface area contributed by atoms with E-state index in [0.29, 0.717) is 5.84 Å². The number of hydrogen-bond donors (Lipinski definition) is 2. The second-order valence-corrected chi connectivity index (χ2v) is 4.82. The Morgan fingerprint density at radius 3 is 3.07 bits per heavy atom. The predicted molar refractivity (Wildman–Crippen MR) is 62.2 cm³/mol. The van der Waals surface area contributed by atoms with Gasteiger partial charge in [-0.05, 0) is 6.42 Å². The minimum absolute atomic E-state index is 0.0823. The smallest absolute Gasteiger partial charge is 0.303 e. The van der Waals surface area contributed by atoms with E-state index in [1.165, 1.54) is 6.92 Å². The van der Waals surface area contributed by atoms with E-state index in [0.717, 1.165) is 25.0 Å². The van der Waals surface area contributed by atoms with Gasteiger partial charge in [-0.2, -0.15) is 0 Å². The molecule has 0 aliphatic carbocycles. The monoisotopic (exact) mass is 230 g/mol. The normalized spacial score (nSPS) is 26.7. The minimum Gasteiger partial charge on any atom is -0.449 e. The van der Waals surface area contributed by atoms with Crippen molar-refractivity contribution in [1.82, 2.24) is 5.32 Å². The fraction of sp³-hybridized carbons (Fsp3) is 0.800. The molecule has 86 valence electrons. The average Bonchev–Trinajstić information content (AvgIpc) is 2.29. The zero-order chi connectivity index (χ0) is 11.3. The topological polar surface area (TPSA) is 62.2 Å². The lowest BCUT2D eigenvalue weighted by Gasteiger charge is -2.24. The molecule has 0 spiro atoms.